The van der Waals surface area contributed by atoms with Crippen molar-refractivity contribution in [2.75, 3.05) is 5.32 Å². The summed E-state index contributed by atoms with van der Waals surface area (Å²) in [6, 6.07) is 5.86. The number of thiophene rings is 1. The molecule has 0 radical (unpaired) electrons. The molecule has 0 bridgehead atoms. The monoisotopic (exact) mass is 557 g/mol. The third-order valence-corrected chi connectivity index (χ3v) is 7.33. The largest absolute Gasteiger partial charge is 0.454 e. The van der Waals surface area contributed by atoms with Crippen molar-refractivity contribution in [2.24, 2.45) is 12.8 Å². The average molecular weight is 558 g/mol. The summed E-state index contributed by atoms with van der Waals surface area (Å²) in [5.74, 6) is -1.26. The highest BCUT2D eigenvalue weighted by molar-refractivity contribution is 7.21. The highest BCUT2D eigenvalue weighted by Crippen LogP contribution is 2.44. The van der Waals surface area contributed by atoms with Crippen molar-refractivity contribution in [3.8, 4) is 11.1 Å². The molecule has 0 aromatic carbocycles. The first-order valence-corrected chi connectivity index (χ1v) is 12.4. The molecule has 3 N–H and O–H groups in total. The van der Waals surface area contributed by atoms with E-state index in [4.69, 9.17) is 10.2 Å². The summed E-state index contributed by atoms with van der Waals surface area (Å²) in [4.78, 5) is 29.0. The number of alkyl halides is 3. The number of nitrogens with two attached hydrogens (primary N) is 1. The van der Waals surface area contributed by atoms with E-state index in [1.165, 1.54) is 16.9 Å². The Kier molecular flexibility index (Phi) is 6.29. The second kappa shape index (κ2) is 9.38. The van der Waals surface area contributed by atoms with Crippen LogP contribution in [0, 0.1) is 20.8 Å². The Balaban J connectivity index is 1.60. The zero-order chi connectivity index (χ0) is 28.2. The maximum atomic E-state index is 13.7. The first-order valence-electron chi connectivity index (χ1n) is 11.6. The topological polar surface area (TPSA) is 134 Å². The van der Waals surface area contributed by atoms with Crippen LogP contribution in [-0.2, 0) is 19.8 Å². The van der Waals surface area contributed by atoms with Gasteiger partial charge >= 0.3 is 6.18 Å². The second-order valence-corrected chi connectivity index (χ2v) is 9.97. The molecule has 5 heterocycles. The SMILES string of the molecule is Cc1cc(C)n(Cc2ccc(C(=O)Nc3c(C(N)=O)sc4nc(C(F)(F)F)cc(-c5cnn(C)c5C)c34)o2)n1. The Morgan fingerprint density at radius 1 is 1.15 bits per heavy atom. The van der Waals surface area contributed by atoms with Crippen molar-refractivity contribution >= 4 is 39.1 Å². The van der Waals surface area contributed by atoms with Gasteiger partial charge in [0.1, 0.15) is 21.2 Å². The number of aromatic nitrogens is 5. The summed E-state index contributed by atoms with van der Waals surface area (Å²) < 4.78 is 50.2. The average Bonchev–Trinajstić information content (AvgIpc) is 3.61. The minimum Gasteiger partial charge on any atom is -0.454 e. The molecule has 14 heteroatoms. The van der Waals surface area contributed by atoms with Crippen molar-refractivity contribution in [3.63, 3.8) is 0 Å². The molecule has 202 valence electrons. The van der Waals surface area contributed by atoms with Crippen LogP contribution in [0.5, 0.6) is 0 Å². The minimum absolute atomic E-state index is 0.0523. The van der Waals surface area contributed by atoms with Gasteiger partial charge in [-0.15, -0.1) is 11.3 Å². The summed E-state index contributed by atoms with van der Waals surface area (Å²) >= 11 is 0.662. The number of anilines is 1. The molecule has 0 saturated heterocycles. The number of amides is 2. The van der Waals surface area contributed by atoms with Crippen LogP contribution < -0.4 is 11.1 Å². The molecule has 10 nitrogen and oxygen atoms in total. The third kappa shape index (κ3) is 4.78. The van der Waals surface area contributed by atoms with Gasteiger partial charge in [-0.25, -0.2) is 4.98 Å². The lowest BCUT2D eigenvalue weighted by atomic mass is 10.0. The fraction of sp³-hybridized carbons (Fsp3) is 0.240. The van der Waals surface area contributed by atoms with E-state index in [0.29, 0.717) is 28.4 Å². The number of fused-ring (bicyclic) bond motifs is 1. The van der Waals surface area contributed by atoms with Gasteiger partial charge in [0.15, 0.2) is 5.76 Å². The minimum atomic E-state index is -4.75. The van der Waals surface area contributed by atoms with Gasteiger partial charge in [0.05, 0.1) is 24.1 Å². The predicted octanol–water partition coefficient (Wildman–Crippen LogP) is 4.83. The summed E-state index contributed by atoms with van der Waals surface area (Å²) in [6.45, 7) is 5.73. The zero-order valence-corrected chi connectivity index (χ0v) is 22.0. The van der Waals surface area contributed by atoms with Gasteiger partial charge in [0.25, 0.3) is 11.8 Å². The van der Waals surface area contributed by atoms with Gasteiger partial charge in [-0.3, -0.25) is 19.0 Å². The van der Waals surface area contributed by atoms with Gasteiger partial charge in [0, 0.05) is 29.4 Å². The van der Waals surface area contributed by atoms with Gasteiger partial charge in [-0.05, 0) is 50.6 Å². The number of carbonyl (C=O) groups excluding carboxylic acids is 2. The molecule has 0 unspecified atom stereocenters. The normalized spacial score (nSPS) is 11.9. The molecule has 39 heavy (non-hydrogen) atoms. The lowest BCUT2D eigenvalue weighted by Gasteiger charge is -2.12. The van der Waals surface area contributed by atoms with Crippen molar-refractivity contribution in [1.29, 1.82) is 0 Å². The highest BCUT2D eigenvalue weighted by Gasteiger charge is 2.35. The van der Waals surface area contributed by atoms with Gasteiger partial charge < -0.3 is 15.5 Å². The lowest BCUT2D eigenvalue weighted by Crippen LogP contribution is -2.16. The summed E-state index contributed by atoms with van der Waals surface area (Å²) in [5.41, 5.74) is 7.16. The number of rotatable bonds is 6. The van der Waals surface area contributed by atoms with E-state index in [0.717, 1.165) is 17.5 Å². The fourth-order valence-electron chi connectivity index (χ4n) is 4.25. The first kappa shape index (κ1) is 26.2. The van der Waals surface area contributed by atoms with Crippen molar-refractivity contribution in [1.82, 2.24) is 24.5 Å². The van der Waals surface area contributed by atoms with E-state index in [9.17, 15) is 22.8 Å². The molecule has 0 aliphatic rings. The quantitative estimate of drug-likeness (QED) is 0.307. The molecule has 5 rings (SSSR count). The van der Waals surface area contributed by atoms with Gasteiger partial charge in [-0.1, -0.05) is 0 Å². The molecule has 5 aromatic rings. The molecule has 0 spiro atoms. The van der Waals surface area contributed by atoms with Crippen LogP contribution in [-0.4, -0.2) is 36.4 Å². The van der Waals surface area contributed by atoms with Crippen LogP contribution in [0.15, 0.2) is 34.9 Å². The smallest absolute Gasteiger partial charge is 0.433 e. The number of primary amides is 1. The summed E-state index contributed by atoms with van der Waals surface area (Å²) in [6.07, 6.45) is -3.34. The van der Waals surface area contributed by atoms with Crippen LogP contribution in [0.2, 0.25) is 0 Å². The Morgan fingerprint density at radius 2 is 1.90 bits per heavy atom. The molecule has 0 saturated carbocycles. The van der Waals surface area contributed by atoms with Crippen molar-refractivity contribution < 1.29 is 27.2 Å². The zero-order valence-electron chi connectivity index (χ0n) is 21.2. The number of nitrogens with zero attached hydrogens (tertiary/aromatic N) is 5. The number of aryl methyl sites for hydroxylation is 3. The summed E-state index contributed by atoms with van der Waals surface area (Å²) in [7, 11) is 1.65. The highest BCUT2D eigenvalue weighted by atomic mass is 32.1. The van der Waals surface area contributed by atoms with Crippen LogP contribution in [0.3, 0.4) is 0 Å². The van der Waals surface area contributed by atoms with Crippen LogP contribution >= 0.6 is 11.3 Å². The first-order chi connectivity index (χ1) is 18.3. The lowest BCUT2D eigenvalue weighted by molar-refractivity contribution is -0.140. The maximum absolute atomic E-state index is 13.7. The second-order valence-electron chi connectivity index (χ2n) is 8.98. The van der Waals surface area contributed by atoms with E-state index in [2.05, 4.69) is 20.5 Å². The van der Waals surface area contributed by atoms with Crippen molar-refractivity contribution in [3.05, 3.63) is 69.6 Å². The fourth-order valence-corrected chi connectivity index (χ4v) is 5.26. The Hall–Kier alpha value is -4.46. The van der Waals surface area contributed by atoms with Crippen LogP contribution in [0.4, 0.5) is 18.9 Å². The van der Waals surface area contributed by atoms with E-state index in [-0.39, 0.29) is 38.6 Å². The molecule has 0 fully saturated rings. The van der Waals surface area contributed by atoms with E-state index in [1.54, 1.807) is 24.7 Å². The van der Waals surface area contributed by atoms with E-state index < -0.39 is 23.7 Å². The molecule has 5 aromatic heterocycles. The number of halogens is 3. The third-order valence-electron chi connectivity index (χ3n) is 6.23. The molecular weight excluding hydrogens is 535 g/mol. The predicted molar refractivity (Wildman–Crippen MR) is 138 cm³/mol. The Bertz CT molecular complexity index is 1760. The molecular formula is C25H22F3N7O3S. The Labute approximate surface area is 223 Å². The number of furan rings is 1. The number of hydrogen-bond donors (Lipinski definition) is 2. The van der Waals surface area contributed by atoms with Crippen LogP contribution in [0.25, 0.3) is 21.3 Å². The van der Waals surface area contributed by atoms with Gasteiger partial charge in [0.2, 0.25) is 0 Å². The standard InChI is InChI=1S/C25H22F3N7O3S/c1-11-7-12(2)35(33-11)10-14-5-6-17(38-14)23(37)32-20-19-15(16-9-30-34(4)13(16)3)8-18(25(26,27)28)31-24(19)39-21(20)22(29)36/h5-9H,10H2,1-4H3,(H2,29,36)(H,32,37). The van der Waals surface area contributed by atoms with Crippen LogP contribution in [0.1, 0.15) is 48.8 Å². The molecule has 0 atom stereocenters. The number of carbonyl (C=O) groups is 2. The molecule has 0 aliphatic heterocycles. The van der Waals surface area contributed by atoms with Gasteiger partial charge in [-0.2, -0.15) is 23.4 Å². The Morgan fingerprint density at radius 3 is 2.49 bits per heavy atom. The number of hydrogen-bond acceptors (Lipinski definition) is 7. The number of nitrogens with one attached hydrogen (secondary N) is 1. The molecule has 0 aliphatic carbocycles. The summed E-state index contributed by atoms with van der Waals surface area (Å²) in [5, 5.41) is 11.3. The maximum Gasteiger partial charge on any atom is 0.433 e. The number of pyridine rings is 1. The molecule has 2 amide bonds. The van der Waals surface area contributed by atoms with E-state index in [1.807, 2.05) is 19.9 Å². The van der Waals surface area contributed by atoms with Crippen molar-refractivity contribution in [2.45, 2.75) is 33.5 Å². The van der Waals surface area contributed by atoms with E-state index >= 15 is 0 Å².